The minimum Gasteiger partial charge on any atom is -0.462 e. The quantitative estimate of drug-likeness (QED) is 0.0235. The number of phosphoric acid groups is 1. The standard InChI is InChI=1S/C46H81O10P/c1-3-5-7-9-11-13-15-17-19-20-21-22-24-25-27-29-31-33-35-37-45(49)53-41-44(42-55-57(51,52)54-40-43(48)39-47)56-46(50)38-36-34-32-30-28-26-23-18-16-14-12-10-8-6-4-2/h11-14,17-19,23,28,30,43-44,47-48H,3-10,15-16,20-22,24-27,29,31-42H2,1-2H3,(H,51,52)/b13-11+,14-12+,19-17+,23-18+,30-28+/t43-,44+/m0/s1. The zero-order valence-electron chi connectivity index (χ0n) is 35.8. The summed E-state index contributed by atoms with van der Waals surface area (Å²) in [4.78, 5) is 35.0. The van der Waals surface area contributed by atoms with Crippen LogP contribution in [0.1, 0.15) is 181 Å². The molecule has 1 unspecified atom stereocenters. The monoisotopic (exact) mass is 825 g/mol. The summed E-state index contributed by atoms with van der Waals surface area (Å²) < 4.78 is 32.7. The van der Waals surface area contributed by atoms with E-state index in [0.717, 1.165) is 64.2 Å². The van der Waals surface area contributed by atoms with Crippen LogP contribution < -0.4 is 0 Å². The van der Waals surface area contributed by atoms with E-state index < -0.39 is 51.8 Å². The maximum atomic E-state index is 12.6. The molecular weight excluding hydrogens is 743 g/mol. The van der Waals surface area contributed by atoms with Crippen LogP contribution in [-0.4, -0.2) is 65.7 Å². The maximum Gasteiger partial charge on any atom is 0.472 e. The van der Waals surface area contributed by atoms with Gasteiger partial charge in [0.2, 0.25) is 0 Å². The van der Waals surface area contributed by atoms with Crippen molar-refractivity contribution in [2.45, 2.75) is 193 Å². The fourth-order valence-electron chi connectivity index (χ4n) is 5.68. The Labute approximate surface area is 346 Å². The second-order valence-electron chi connectivity index (χ2n) is 14.7. The van der Waals surface area contributed by atoms with Crippen molar-refractivity contribution in [2.24, 2.45) is 0 Å². The fraction of sp³-hybridized carbons (Fsp3) is 0.739. The van der Waals surface area contributed by atoms with Crippen molar-refractivity contribution in [3.8, 4) is 0 Å². The van der Waals surface area contributed by atoms with Crippen LogP contribution in [0.3, 0.4) is 0 Å². The molecule has 0 fully saturated rings. The average molecular weight is 825 g/mol. The van der Waals surface area contributed by atoms with Gasteiger partial charge < -0.3 is 24.6 Å². The molecule has 0 rings (SSSR count). The lowest BCUT2D eigenvalue weighted by Crippen LogP contribution is -2.29. The lowest BCUT2D eigenvalue weighted by molar-refractivity contribution is -0.161. The van der Waals surface area contributed by atoms with Crippen molar-refractivity contribution < 1.29 is 47.8 Å². The third kappa shape index (κ3) is 41.6. The van der Waals surface area contributed by atoms with E-state index in [9.17, 15) is 24.2 Å². The van der Waals surface area contributed by atoms with Crippen molar-refractivity contribution in [2.75, 3.05) is 26.4 Å². The lowest BCUT2D eigenvalue weighted by Gasteiger charge is -2.20. The predicted octanol–water partition coefficient (Wildman–Crippen LogP) is 11.9. The van der Waals surface area contributed by atoms with Gasteiger partial charge in [-0.05, 0) is 83.5 Å². The van der Waals surface area contributed by atoms with Crippen LogP contribution >= 0.6 is 7.82 Å². The highest BCUT2D eigenvalue weighted by molar-refractivity contribution is 7.47. The van der Waals surface area contributed by atoms with Gasteiger partial charge in [-0.2, -0.15) is 0 Å². The largest absolute Gasteiger partial charge is 0.472 e. The second-order valence-corrected chi connectivity index (χ2v) is 16.2. The number of aliphatic hydroxyl groups is 2. The molecule has 0 aromatic carbocycles. The second kappa shape index (κ2) is 41.8. The van der Waals surface area contributed by atoms with Gasteiger partial charge in [0.05, 0.1) is 19.8 Å². The first-order chi connectivity index (χ1) is 27.7. The van der Waals surface area contributed by atoms with Crippen molar-refractivity contribution in [3.63, 3.8) is 0 Å². The summed E-state index contributed by atoms with van der Waals surface area (Å²) in [7, 11) is -4.63. The first kappa shape index (κ1) is 54.7. The summed E-state index contributed by atoms with van der Waals surface area (Å²) in [6.45, 7) is 2.27. The Morgan fingerprint density at radius 2 is 0.912 bits per heavy atom. The molecule has 0 aliphatic heterocycles. The molecule has 0 amide bonds. The highest BCUT2D eigenvalue weighted by Crippen LogP contribution is 2.43. The first-order valence-corrected chi connectivity index (χ1v) is 23.7. The Kier molecular flexibility index (Phi) is 40.1. The van der Waals surface area contributed by atoms with E-state index >= 15 is 0 Å². The zero-order chi connectivity index (χ0) is 41.9. The number of rotatable bonds is 41. The van der Waals surface area contributed by atoms with Gasteiger partial charge in [0, 0.05) is 12.8 Å². The molecular formula is C46H81O10P. The summed E-state index contributed by atoms with van der Waals surface area (Å²) in [5.41, 5.74) is 0. The molecule has 10 nitrogen and oxygen atoms in total. The van der Waals surface area contributed by atoms with E-state index in [1.165, 1.54) is 77.0 Å². The van der Waals surface area contributed by atoms with Crippen LogP contribution in [0.5, 0.6) is 0 Å². The van der Waals surface area contributed by atoms with Gasteiger partial charge in [-0.1, -0.05) is 145 Å². The number of carbonyl (C=O) groups is 2. The molecule has 0 aliphatic rings. The van der Waals surface area contributed by atoms with Crippen LogP contribution in [0.4, 0.5) is 0 Å². The third-order valence-electron chi connectivity index (χ3n) is 9.14. The smallest absolute Gasteiger partial charge is 0.462 e. The van der Waals surface area contributed by atoms with Gasteiger partial charge in [0.1, 0.15) is 12.7 Å². The van der Waals surface area contributed by atoms with Crippen LogP contribution in [0.15, 0.2) is 60.8 Å². The molecule has 0 saturated heterocycles. The Morgan fingerprint density at radius 1 is 0.526 bits per heavy atom. The van der Waals surface area contributed by atoms with Crippen molar-refractivity contribution in [1.82, 2.24) is 0 Å². The van der Waals surface area contributed by atoms with Gasteiger partial charge in [-0.3, -0.25) is 18.6 Å². The molecule has 0 saturated carbocycles. The number of unbranched alkanes of at least 4 members (excludes halogenated alkanes) is 17. The lowest BCUT2D eigenvalue weighted by atomic mass is 10.1. The van der Waals surface area contributed by atoms with Gasteiger partial charge >= 0.3 is 19.8 Å². The van der Waals surface area contributed by atoms with Crippen LogP contribution in [0, 0.1) is 0 Å². The summed E-state index contributed by atoms with van der Waals surface area (Å²) in [6, 6.07) is 0. The summed E-state index contributed by atoms with van der Waals surface area (Å²) in [6.07, 6.45) is 46.1. The SMILES string of the molecule is CCCCC/C=C/C/C=C/C/C=C/CCCCC(=O)O[C@H](COC(=O)CCCCCCCCCCC/C=C/C/C=C/CCCCC)COP(=O)(O)OC[C@@H](O)CO. The van der Waals surface area contributed by atoms with E-state index in [0.29, 0.717) is 12.8 Å². The Balaban J connectivity index is 4.33. The van der Waals surface area contributed by atoms with E-state index in [4.69, 9.17) is 19.1 Å². The van der Waals surface area contributed by atoms with Crippen LogP contribution in [0.25, 0.3) is 0 Å². The normalized spacial score (nSPS) is 14.4. The van der Waals surface area contributed by atoms with Gasteiger partial charge in [0.15, 0.2) is 6.10 Å². The van der Waals surface area contributed by atoms with Crippen molar-refractivity contribution >= 4 is 19.8 Å². The fourth-order valence-corrected chi connectivity index (χ4v) is 6.47. The molecule has 3 N–H and O–H groups in total. The summed E-state index contributed by atoms with van der Waals surface area (Å²) >= 11 is 0. The molecule has 57 heavy (non-hydrogen) atoms. The number of phosphoric ester groups is 1. The molecule has 0 radical (unpaired) electrons. The highest BCUT2D eigenvalue weighted by Gasteiger charge is 2.27. The van der Waals surface area contributed by atoms with Crippen molar-refractivity contribution in [1.29, 1.82) is 0 Å². The molecule has 3 atom stereocenters. The number of hydrogen-bond donors (Lipinski definition) is 3. The number of hydrogen-bond acceptors (Lipinski definition) is 9. The molecule has 0 aromatic heterocycles. The van der Waals surface area contributed by atoms with Gasteiger partial charge in [-0.15, -0.1) is 0 Å². The Bertz CT molecular complexity index is 1130. The number of esters is 2. The number of carbonyl (C=O) groups excluding carboxylic acids is 2. The third-order valence-corrected chi connectivity index (χ3v) is 10.1. The number of aliphatic hydroxyl groups excluding tert-OH is 2. The zero-order valence-corrected chi connectivity index (χ0v) is 36.7. The van der Waals surface area contributed by atoms with Crippen LogP contribution in [0.2, 0.25) is 0 Å². The number of ether oxygens (including phenoxy) is 2. The molecule has 0 aromatic rings. The molecule has 0 heterocycles. The van der Waals surface area contributed by atoms with E-state index in [2.05, 4.69) is 79.1 Å². The molecule has 0 aliphatic carbocycles. The molecule has 11 heteroatoms. The molecule has 0 bridgehead atoms. The van der Waals surface area contributed by atoms with E-state index in [1.54, 1.807) is 0 Å². The Morgan fingerprint density at radius 3 is 1.40 bits per heavy atom. The van der Waals surface area contributed by atoms with Gasteiger partial charge in [0.25, 0.3) is 0 Å². The minimum atomic E-state index is -4.63. The maximum absolute atomic E-state index is 12.6. The topological polar surface area (TPSA) is 149 Å². The first-order valence-electron chi connectivity index (χ1n) is 22.2. The van der Waals surface area contributed by atoms with E-state index in [1.807, 2.05) is 0 Å². The highest BCUT2D eigenvalue weighted by atomic mass is 31.2. The average Bonchev–Trinajstić information content (AvgIpc) is 3.20. The van der Waals surface area contributed by atoms with Crippen LogP contribution in [-0.2, 0) is 32.7 Å². The summed E-state index contributed by atoms with van der Waals surface area (Å²) in [5.74, 6) is -0.977. The molecule has 330 valence electrons. The van der Waals surface area contributed by atoms with E-state index in [-0.39, 0.29) is 19.4 Å². The predicted molar refractivity (Wildman–Crippen MR) is 233 cm³/mol. The van der Waals surface area contributed by atoms with Gasteiger partial charge in [-0.25, -0.2) is 4.57 Å². The number of allylic oxidation sites excluding steroid dienone is 10. The minimum absolute atomic E-state index is 0.132. The Hall–Kier alpha value is -2.33. The molecule has 0 spiro atoms. The summed E-state index contributed by atoms with van der Waals surface area (Å²) in [5, 5.41) is 18.3. The van der Waals surface area contributed by atoms with Crippen molar-refractivity contribution in [3.05, 3.63) is 60.8 Å².